The third-order valence-electron chi connectivity index (χ3n) is 3.56. The van der Waals surface area contributed by atoms with Crippen LogP contribution in [0, 0.1) is 5.92 Å². The fourth-order valence-electron chi connectivity index (χ4n) is 2.36. The average Bonchev–Trinajstić information content (AvgIpc) is 2.53. The standard InChI is InChI=1S/C15H19NO5/c1-20-13-7-12(14(17)18)8-16(9-13)15(19)21-10-11-5-3-2-4-6-11/h2-6,12-13H,7-10H2,1H3,(H,17,18)/t12-,13-/m0/s1. The maximum absolute atomic E-state index is 12.1. The number of carboxylic acid groups (broad SMARTS) is 1. The Labute approximate surface area is 123 Å². The van der Waals surface area contributed by atoms with Gasteiger partial charge in [0.2, 0.25) is 0 Å². The van der Waals surface area contributed by atoms with Crippen LogP contribution in [0.3, 0.4) is 0 Å². The minimum Gasteiger partial charge on any atom is -0.481 e. The van der Waals surface area contributed by atoms with E-state index in [2.05, 4.69) is 0 Å². The summed E-state index contributed by atoms with van der Waals surface area (Å²) in [4.78, 5) is 24.6. The lowest BCUT2D eigenvalue weighted by molar-refractivity contribution is -0.145. The van der Waals surface area contributed by atoms with E-state index < -0.39 is 18.0 Å². The maximum atomic E-state index is 12.1. The summed E-state index contributed by atoms with van der Waals surface area (Å²) in [5.41, 5.74) is 0.890. The zero-order valence-corrected chi connectivity index (χ0v) is 11.9. The van der Waals surface area contributed by atoms with Crippen LogP contribution >= 0.6 is 0 Å². The summed E-state index contributed by atoms with van der Waals surface area (Å²) in [5, 5.41) is 9.12. The third kappa shape index (κ3) is 4.19. The number of carboxylic acids is 1. The summed E-state index contributed by atoms with van der Waals surface area (Å²) < 4.78 is 10.4. The first-order valence-corrected chi connectivity index (χ1v) is 6.81. The van der Waals surface area contributed by atoms with Gasteiger partial charge in [0.15, 0.2) is 0 Å². The number of ether oxygens (including phenoxy) is 2. The van der Waals surface area contributed by atoms with Crippen molar-refractivity contribution in [1.29, 1.82) is 0 Å². The van der Waals surface area contributed by atoms with E-state index >= 15 is 0 Å². The van der Waals surface area contributed by atoms with Crippen LogP contribution in [0.25, 0.3) is 0 Å². The molecule has 2 rings (SSSR count). The van der Waals surface area contributed by atoms with Gasteiger partial charge in [-0.2, -0.15) is 0 Å². The smallest absolute Gasteiger partial charge is 0.410 e. The monoisotopic (exact) mass is 293 g/mol. The molecule has 0 saturated carbocycles. The normalized spacial score (nSPS) is 21.9. The molecular formula is C15H19NO5. The predicted octanol–water partition coefficient (Wildman–Crippen LogP) is 1.74. The summed E-state index contributed by atoms with van der Waals surface area (Å²) >= 11 is 0. The molecule has 21 heavy (non-hydrogen) atoms. The quantitative estimate of drug-likeness (QED) is 0.915. The highest BCUT2D eigenvalue weighted by Gasteiger charge is 2.34. The van der Waals surface area contributed by atoms with E-state index in [0.29, 0.717) is 13.0 Å². The van der Waals surface area contributed by atoms with Crippen molar-refractivity contribution in [2.45, 2.75) is 19.1 Å². The van der Waals surface area contributed by atoms with E-state index in [1.54, 1.807) is 0 Å². The first-order chi connectivity index (χ1) is 10.1. The number of nitrogens with zero attached hydrogens (tertiary/aromatic N) is 1. The van der Waals surface area contributed by atoms with Crippen molar-refractivity contribution in [3.63, 3.8) is 0 Å². The van der Waals surface area contributed by atoms with Gasteiger partial charge in [-0.05, 0) is 12.0 Å². The van der Waals surface area contributed by atoms with Gasteiger partial charge in [-0.1, -0.05) is 30.3 Å². The lowest BCUT2D eigenvalue weighted by atomic mass is 9.96. The molecule has 6 nitrogen and oxygen atoms in total. The molecule has 1 aromatic rings. The Morgan fingerprint density at radius 3 is 2.62 bits per heavy atom. The van der Waals surface area contributed by atoms with Gasteiger partial charge in [-0.25, -0.2) is 4.79 Å². The molecule has 114 valence electrons. The van der Waals surface area contributed by atoms with E-state index in [9.17, 15) is 9.59 Å². The second-order valence-electron chi connectivity index (χ2n) is 5.07. The van der Waals surface area contributed by atoms with Gasteiger partial charge in [-0.15, -0.1) is 0 Å². The van der Waals surface area contributed by atoms with Crippen LogP contribution in [0.1, 0.15) is 12.0 Å². The van der Waals surface area contributed by atoms with Gasteiger partial charge in [-0.3, -0.25) is 4.79 Å². The van der Waals surface area contributed by atoms with Crippen molar-refractivity contribution in [2.24, 2.45) is 5.92 Å². The van der Waals surface area contributed by atoms with Gasteiger partial charge in [0.05, 0.1) is 18.6 Å². The number of aliphatic carboxylic acids is 1. The van der Waals surface area contributed by atoms with Crippen LogP contribution in [0.15, 0.2) is 30.3 Å². The van der Waals surface area contributed by atoms with Crippen LogP contribution in [0.4, 0.5) is 4.79 Å². The molecule has 6 heteroatoms. The molecule has 2 atom stereocenters. The topological polar surface area (TPSA) is 76.1 Å². The van der Waals surface area contributed by atoms with E-state index in [1.807, 2.05) is 30.3 Å². The second kappa shape index (κ2) is 7.08. The summed E-state index contributed by atoms with van der Waals surface area (Å²) in [5.74, 6) is -1.54. The zero-order valence-electron chi connectivity index (χ0n) is 11.9. The van der Waals surface area contributed by atoms with Gasteiger partial charge in [0.25, 0.3) is 0 Å². The van der Waals surface area contributed by atoms with Crippen molar-refractivity contribution in [3.05, 3.63) is 35.9 Å². The lowest BCUT2D eigenvalue weighted by Gasteiger charge is -2.34. The first-order valence-electron chi connectivity index (χ1n) is 6.81. The van der Waals surface area contributed by atoms with Crippen LogP contribution in [-0.2, 0) is 20.9 Å². The Kier molecular flexibility index (Phi) is 5.16. The Hall–Kier alpha value is -2.08. The number of rotatable bonds is 4. The van der Waals surface area contributed by atoms with Crippen molar-refractivity contribution in [2.75, 3.05) is 20.2 Å². The Morgan fingerprint density at radius 1 is 1.29 bits per heavy atom. The highest BCUT2D eigenvalue weighted by molar-refractivity contribution is 5.73. The predicted molar refractivity (Wildman–Crippen MR) is 74.7 cm³/mol. The number of hydrogen-bond donors (Lipinski definition) is 1. The fraction of sp³-hybridized carbons (Fsp3) is 0.467. The van der Waals surface area contributed by atoms with Crippen molar-refractivity contribution < 1.29 is 24.2 Å². The molecule has 0 unspecified atom stereocenters. The number of likely N-dealkylation sites (tertiary alicyclic amines) is 1. The molecule has 0 aromatic heterocycles. The molecule has 1 aliphatic heterocycles. The largest absolute Gasteiger partial charge is 0.481 e. The van der Waals surface area contributed by atoms with E-state index in [0.717, 1.165) is 5.56 Å². The minimum absolute atomic E-state index is 0.156. The molecule has 1 aromatic carbocycles. The summed E-state index contributed by atoms with van der Waals surface area (Å²) in [6.45, 7) is 0.683. The number of piperidine rings is 1. The summed E-state index contributed by atoms with van der Waals surface area (Å²) in [6.07, 6.45) is -0.370. The Morgan fingerprint density at radius 2 is 2.00 bits per heavy atom. The zero-order chi connectivity index (χ0) is 15.2. The van der Waals surface area contributed by atoms with E-state index in [4.69, 9.17) is 14.6 Å². The minimum atomic E-state index is -0.919. The number of carbonyl (C=O) groups excluding carboxylic acids is 1. The number of carbonyl (C=O) groups is 2. The molecule has 1 heterocycles. The van der Waals surface area contributed by atoms with E-state index in [-0.39, 0.29) is 19.3 Å². The van der Waals surface area contributed by atoms with Crippen molar-refractivity contribution in [3.8, 4) is 0 Å². The molecule has 0 spiro atoms. The lowest BCUT2D eigenvalue weighted by Crippen LogP contribution is -2.49. The van der Waals surface area contributed by atoms with Crippen LogP contribution in [-0.4, -0.2) is 48.4 Å². The average molecular weight is 293 g/mol. The molecule has 0 radical (unpaired) electrons. The highest BCUT2D eigenvalue weighted by Crippen LogP contribution is 2.20. The summed E-state index contributed by atoms with van der Waals surface area (Å²) in [7, 11) is 1.52. The Balaban J connectivity index is 1.92. The number of benzene rings is 1. The molecule has 1 amide bonds. The second-order valence-corrected chi connectivity index (χ2v) is 5.07. The SMILES string of the molecule is CO[C@H]1C[C@H](C(=O)O)CN(C(=O)OCc2ccccc2)C1. The maximum Gasteiger partial charge on any atom is 0.410 e. The number of hydrogen-bond acceptors (Lipinski definition) is 4. The van der Waals surface area contributed by atoms with Crippen LogP contribution < -0.4 is 0 Å². The van der Waals surface area contributed by atoms with Gasteiger partial charge < -0.3 is 19.5 Å². The Bertz CT molecular complexity index is 490. The van der Waals surface area contributed by atoms with Gasteiger partial charge >= 0.3 is 12.1 Å². The van der Waals surface area contributed by atoms with E-state index in [1.165, 1.54) is 12.0 Å². The van der Waals surface area contributed by atoms with Gasteiger partial charge in [0, 0.05) is 13.7 Å². The first kappa shape index (κ1) is 15.3. The number of methoxy groups -OCH3 is 1. The molecule has 0 bridgehead atoms. The van der Waals surface area contributed by atoms with Crippen LogP contribution in [0.5, 0.6) is 0 Å². The molecule has 1 aliphatic rings. The third-order valence-corrected chi connectivity index (χ3v) is 3.56. The fourth-order valence-corrected chi connectivity index (χ4v) is 2.36. The highest BCUT2D eigenvalue weighted by atomic mass is 16.6. The molecular weight excluding hydrogens is 274 g/mol. The summed E-state index contributed by atoms with van der Waals surface area (Å²) in [6, 6.07) is 9.34. The van der Waals surface area contributed by atoms with Crippen LogP contribution in [0.2, 0.25) is 0 Å². The molecule has 1 fully saturated rings. The van der Waals surface area contributed by atoms with Gasteiger partial charge in [0.1, 0.15) is 6.61 Å². The molecule has 0 aliphatic carbocycles. The van der Waals surface area contributed by atoms with Crippen molar-refractivity contribution >= 4 is 12.1 Å². The van der Waals surface area contributed by atoms with Crippen molar-refractivity contribution in [1.82, 2.24) is 4.90 Å². The number of amides is 1. The molecule has 1 N–H and O–H groups in total. The molecule has 1 saturated heterocycles.